The molecule has 0 amide bonds. The van der Waals surface area contributed by atoms with E-state index in [1.807, 2.05) is 42.5 Å². The highest BCUT2D eigenvalue weighted by molar-refractivity contribution is 5.81. The molecule has 0 saturated heterocycles. The van der Waals surface area contributed by atoms with Crippen molar-refractivity contribution in [1.82, 2.24) is 0 Å². The minimum atomic E-state index is 0.268. The smallest absolute Gasteiger partial charge is 0.137 e. The third-order valence-electron chi connectivity index (χ3n) is 3.26. The number of ketones is 1. The molecule has 0 unspecified atom stereocenters. The zero-order chi connectivity index (χ0) is 13.5. The van der Waals surface area contributed by atoms with Gasteiger partial charge in [0.1, 0.15) is 5.78 Å². The molecular weight excluding hydrogens is 234 g/mol. The summed E-state index contributed by atoms with van der Waals surface area (Å²) >= 11 is 0. The Morgan fingerprint density at radius 2 is 1.53 bits per heavy atom. The van der Waals surface area contributed by atoms with Gasteiger partial charge in [0, 0.05) is 19.4 Å². The van der Waals surface area contributed by atoms with Gasteiger partial charge in [0.25, 0.3) is 0 Å². The average molecular weight is 253 g/mol. The fourth-order valence-corrected chi connectivity index (χ4v) is 2.16. The number of carbonyl (C=O) groups is 1. The van der Waals surface area contributed by atoms with Crippen LogP contribution < -0.4 is 5.73 Å². The molecule has 0 aromatic heterocycles. The van der Waals surface area contributed by atoms with Crippen LogP contribution >= 0.6 is 0 Å². The first kappa shape index (κ1) is 13.5. The molecule has 0 aliphatic rings. The molecule has 2 heteroatoms. The molecule has 2 aromatic rings. The van der Waals surface area contributed by atoms with Crippen molar-refractivity contribution in [2.45, 2.75) is 25.8 Å². The normalized spacial score (nSPS) is 10.4. The molecule has 0 bridgehead atoms. The zero-order valence-corrected chi connectivity index (χ0v) is 11.0. The summed E-state index contributed by atoms with van der Waals surface area (Å²) in [4.78, 5) is 12.0. The predicted octanol–water partition coefficient (Wildman–Crippen LogP) is 2.89. The van der Waals surface area contributed by atoms with Crippen LogP contribution in [0.25, 0.3) is 0 Å². The standard InChI is InChI=1S/C17H19NO/c18-13-16-9-5-4-8-15(16)12-17(19)11-10-14-6-2-1-3-7-14/h1-9H,10-13,18H2. The monoisotopic (exact) mass is 253 g/mol. The van der Waals surface area contributed by atoms with Crippen molar-refractivity contribution >= 4 is 5.78 Å². The lowest BCUT2D eigenvalue weighted by molar-refractivity contribution is -0.118. The summed E-state index contributed by atoms with van der Waals surface area (Å²) in [5.74, 6) is 0.268. The largest absolute Gasteiger partial charge is 0.326 e. The summed E-state index contributed by atoms with van der Waals surface area (Å²) in [7, 11) is 0. The van der Waals surface area contributed by atoms with Gasteiger partial charge in [0.05, 0.1) is 0 Å². The maximum Gasteiger partial charge on any atom is 0.137 e. The van der Waals surface area contributed by atoms with Gasteiger partial charge in [-0.3, -0.25) is 4.79 Å². The molecular formula is C17H19NO. The van der Waals surface area contributed by atoms with Crippen LogP contribution in [0.3, 0.4) is 0 Å². The van der Waals surface area contributed by atoms with Gasteiger partial charge in [-0.2, -0.15) is 0 Å². The van der Waals surface area contributed by atoms with Crippen molar-refractivity contribution in [3.8, 4) is 0 Å². The lowest BCUT2D eigenvalue weighted by Crippen LogP contribution is -2.08. The van der Waals surface area contributed by atoms with E-state index in [-0.39, 0.29) is 5.78 Å². The van der Waals surface area contributed by atoms with Gasteiger partial charge in [-0.05, 0) is 23.1 Å². The Morgan fingerprint density at radius 3 is 2.21 bits per heavy atom. The quantitative estimate of drug-likeness (QED) is 0.860. The second-order valence-corrected chi connectivity index (χ2v) is 4.67. The lowest BCUT2D eigenvalue weighted by Gasteiger charge is -2.07. The van der Waals surface area contributed by atoms with Crippen LogP contribution in [0.15, 0.2) is 54.6 Å². The molecule has 0 atom stereocenters. The molecule has 0 fully saturated rings. The highest BCUT2D eigenvalue weighted by Crippen LogP contribution is 2.11. The van der Waals surface area contributed by atoms with Gasteiger partial charge in [-0.25, -0.2) is 0 Å². The summed E-state index contributed by atoms with van der Waals surface area (Å²) in [6, 6.07) is 18.0. The molecule has 0 spiro atoms. The van der Waals surface area contributed by atoms with Gasteiger partial charge in [-0.1, -0.05) is 54.6 Å². The SMILES string of the molecule is NCc1ccccc1CC(=O)CCc1ccccc1. The van der Waals surface area contributed by atoms with Crippen LogP contribution in [0.5, 0.6) is 0 Å². The highest BCUT2D eigenvalue weighted by atomic mass is 16.1. The second kappa shape index (κ2) is 6.86. The Hall–Kier alpha value is -1.93. The summed E-state index contributed by atoms with van der Waals surface area (Å²) in [6.07, 6.45) is 1.88. The number of rotatable bonds is 6. The van der Waals surface area contributed by atoms with E-state index >= 15 is 0 Å². The van der Waals surface area contributed by atoms with E-state index in [0.717, 1.165) is 17.5 Å². The van der Waals surface area contributed by atoms with Gasteiger partial charge in [0.15, 0.2) is 0 Å². The first-order valence-corrected chi connectivity index (χ1v) is 6.62. The number of benzene rings is 2. The topological polar surface area (TPSA) is 43.1 Å². The van der Waals surface area contributed by atoms with E-state index < -0.39 is 0 Å². The van der Waals surface area contributed by atoms with Crippen molar-refractivity contribution in [3.63, 3.8) is 0 Å². The number of hydrogen-bond donors (Lipinski definition) is 1. The van der Waals surface area contributed by atoms with Gasteiger partial charge >= 0.3 is 0 Å². The Labute approximate surface area is 114 Å². The van der Waals surface area contributed by atoms with Crippen LogP contribution in [-0.4, -0.2) is 5.78 Å². The summed E-state index contributed by atoms with van der Waals surface area (Å²) < 4.78 is 0. The Balaban J connectivity index is 1.91. The molecule has 2 N–H and O–H groups in total. The minimum absolute atomic E-state index is 0.268. The van der Waals surface area contributed by atoms with Crippen LogP contribution in [0.2, 0.25) is 0 Å². The van der Waals surface area contributed by atoms with E-state index in [0.29, 0.717) is 19.4 Å². The summed E-state index contributed by atoms with van der Waals surface area (Å²) in [5.41, 5.74) is 9.01. The van der Waals surface area contributed by atoms with Crippen LogP contribution in [0.1, 0.15) is 23.1 Å². The minimum Gasteiger partial charge on any atom is -0.326 e. The molecule has 19 heavy (non-hydrogen) atoms. The van der Waals surface area contributed by atoms with Crippen LogP contribution in [-0.2, 0) is 24.2 Å². The number of aryl methyl sites for hydroxylation is 1. The molecule has 98 valence electrons. The molecule has 0 aliphatic carbocycles. The van der Waals surface area contributed by atoms with Gasteiger partial charge < -0.3 is 5.73 Å². The average Bonchev–Trinajstić information content (AvgIpc) is 2.47. The lowest BCUT2D eigenvalue weighted by atomic mass is 9.99. The zero-order valence-electron chi connectivity index (χ0n) is 11.0. The Morgan fingerprint density at radius 1 is 0.895 bits per heavy atom. The van der Waals surface area contributed by atoms with Crippen molar-refractivity contribution in [2.75, 3.05) is 0 Å². The predicted molar refractivity (Wildman–Crippen MR) is 77.8 cm³/mol. The van der Waals surface area contributed by atoms with Crippen LogP contribution in [0, 0.1) is 0 Å². The molecule has 0 radical (unpaired) electrons. The van der Waals surface area contributed by atoms with Gasteiger partial charge in [-0.15, -0.1) is 0 Å². The number of Topliss-reactive ketones (excluding diaryl/α,β-unsaturated/α-hetero) is 1. The molecule has 0 aliphatic heterocycles. The van der Waals surface area contributed by atoms with Crippen LogP contribution in [0.4, 0.5) is 0 Å². The van der Waals surface area contributed by atoms with Crippen molar-refractivity contribution in [2.24, 2.45) is 5.73 Å². The molecule has 0 heterocycles. The van der Waals surface area contributed by atoms with E-state index in [4.69, 9.17) is 5.73 Å². The fraction of sp³-hybridized carbons (Fsp3) is 0.235. The fourth-order valence-electron chi connectivity index (χ4n) is 2.16. The van der Waals surface area contributed by atoms with E-state index in [2.05, 4.69) is 12.1 Å². The first-order chi connectivity index (χ1) is 9.29. The van der Waals surface area contributed by atoms with Crippen molar-refractivity contribution < 1.29 is 4.79 Å². The van der Waals surface area contributed by atoms with Crippen molar-refractivity contribution in [3.05, 3.63) is 71.3 Å². The summed E-state index contributed by atoms with van der Waals surface area (Å²) in [5, 5.41) is 0. The van der Waals surface area contributed by atoms with Crippen molar-refractivity contribution in [1.29, 1.82) is 0 Å². The second-order valence-electron chi connectivity index (χ2n) is 4.67. The molecule has 2 aromatic carbocycles. The highest BCUT2D eigenvalue weighted by Gasteiger charge is 2.07. The van der Waals surface area contributed by atoms with E-state index in [9.17, 15) is 4.79 Å². The summed E-state index contributed by atoms with van der Waals surface area (Å²) in [6.45, 7) is 0.488. The molecule has 2 nitrogen and oxygen atoms in total. The maximum atomic E-state index is 12.0. The van der Waals surface area contributed by atoms with E-state index in [1.54, 1.807) is 0 Å². The maximum absolute atomic E-state index is 12.0. The first-order valence-electron chi connectivity index (χ1n) is 6.62. The molecule has 2 rings (SSSR count). The third kappa shape index (κ3) is 4.04. The number of hydrogen-bond acceptors (Lipinski definition) is 2. The number of carbonyl (C=O) groups excluding carboxylic acids is 1. The number of nitrogens with two attached hydrogens (primary N) is 1. The van der Waals surface area contributed by atoms with E-state index in [1.165, 1.54) is 5.56 Å². The Kier molecular flexibility index (Phi) is 4.87. The Bertz CT molecular complexity index is 534. The third-order valence-corrected chi connectivity index (χ3v) is 3.26. The molecule has 0 saturated carbocycles. The van der Waals surface area contributed by atoms with Gasteiger partial charge in [0.2, 0.25) is 0 Å².